The molecule has 0 bridgehead atoms. The molecule has 0 aliphatic carbocycles. The van der Waals surface area contributed by atoms with E-state index >= 15 is 0 Å². The van der Waals surface area contributed by atoms with Gasteiger partial charge < -0.3 is 5.11 Å². The molecule has 0 saturated carbocycles. The Labute approximate surface area is 159 Å². The number of aliphatic hydroxyl groups excluding tert-OH is 1. The van der Waals surface area contributed by atoms with Gasteiger partial charge in [0.15, 0.2) is 0 Å². The van der Waals surface area contributed by atoms with Gasteiger partial charge in [-0.05, 0) is 17.7 Å². The van der Waals surface area contributed by atoms with E-state index in [9.17, 15) is 10.4 Å². The van der Waals surface area contributed by atoms with E-state index in [1.165, 1.54) is 11.3 Å². The number of nitrogens with zero attached hydrogens (tertiary/aromatic N) is 2. The van der Waals surface area contributed by atoms with Gasteiger partial charge in [-0.15, -0.1) is 22.9 Å². The fraction of sp³-hybridized carbons (Fsp3) is 0.0526. The van der Waals surface area contributed by atoms with Crippen LogP contribution in [0.2, 0.25) is 5.02 Å². The Kier molecular flexibility index (Phi) is 5.40. The summed E-state index contributed by atoms with van der Waals surface area (Å²) in [5, 5.41) is 22.0. The van der Waals surface area contributed by atoms with Crippen molar-refractivity contribution in [3.8, 4) is 17.3 Å². The number of nitriles is 1. The first-order valence-electron chi connectivity index (χ1n) is 7.34. The number of hydrogen-bond donors (Lipinski definition) is 1. The summed E-state index contributed by atoms with van der Waals surface area (Å²) < 4.78 is 0. The highest BCUT2D eigenvalue weighted by Gasteiger charge is 2.21. The molecule has 0 aliphatic rings. The molecule has 1 unspecified atom stereocenters. The lowest BCUT2D eigenvalue weighted by atomic mass is 10.1. The monoisotopic (exact) mass is 386 g/mol. The second kappa shape index (κ2) is 7.71. The fourth-order valence-corrected chi connectivity index (χ4v) is 3.47. The van der Waals surface area contributed by atoms with Gasteiger partial charge in [0.2, 0.25) is 0 Å². The molecule has 1 atom stereocenters. The van der Waals surface area contributed by atoms with E-state index in [4.69, 9.17) is 23.2 Å². The van der Waals surface area contributed by atoms with E-state index in [0.717, 1.165) is 5.56 Å². The predicted octanol–water partition coefficient (Wildman–Crippen LogP) is 6.24. The lowest BCUT2D eigenvalue weighted by molar-refractivity contribution is 0.397. The van der Waals surface area contributed by atoms with Crippen molar-refractivity contribution < 1.29 is 5.11 Å². The molecule has 0 amide bonds. The Morgan fingerprint density at radius 1 is 1.12 bits per heavy atom. The third kappa shape index (κ3) is 3.85. The van der Waals surface area contributed by atoms with Crippen molar-refractivity contribution in [2.45, 2.75) is 5.38 Å². The number of aliphatic hydroxyl groups is 1. The molecular formula is C19H12Cl2N2OS. The summed E-state index contributed by atoms with van der Waals surface area (Å²) in [7, 11) is 0. The summed E-state index contributed by atoms with van der Waals surface area (Å²) >= 11 is 13.5. The summed E-state index contributed by atoms with van der Waals surface area (Å²) in [4.78, 5) is 4.45. The van der Waals surface area contributed by atoms with Crippen molar-refractivity contribution >= 4 is 40.1 Å². The Bertz CT molecular complexity index is 944. The molecule has 2 aromatic carbocycles. The molecule has 3 nitrogen and oxygen atoms in total. The van der Waals surface area contributed by atoms with Crippen LogP contribution in [0.5, 0.6) is 0 Å². The van der Waals surface area contributed by atoms with Gasteiger partial charge in [-0.3, -0.25) is 0 Å². The minimum absolute atomic E-state index is 0.0778. The molecule has 0 radical (unpaired) electrons. The zero-order valence-electron chi connectivity index (χ0n) is 12.9. The highest BCUT2D eigenvalue weighted by Crippen LogP contribution is 2.34. The molecule has 0 spiro atoms. The average Bonchev–Trinajstić information content (AvgIpc) is 3.12. The SMILES string of the molecule is N#C/C(=C(/O)C(Cl)c1ccccc1)c1nc(-c2ccc(Cl)cc2)cs1. The smallest absolute Gasteiger partial charge is 0.138 e. The standard InChI is InChI=1S/C19H12Cl2N2OS/c20-14-8-6-12(7-9-14)16-11-25-19(23-16)15(10-22)18(24)17(21)13-4-2-1-3-5-13/h1-9,11,17,24H/b18-15-. The van der Waals surface area contributed by atoms with Crippen molar-refractivity contribution in [3.05, 3.63) is 81.3 Å². The first-order valence-corrected chi connectivity index (χ1v) is 9.03. The number of rotatable bonds is 4. The second-order valence-electron chi connectivity index (χ2n) is 5.19. The maximum Gasteiger partial charge on any atom is 0.138 e. The molecule has 1 heterocycles. The van der Waals surface area contributed by atoms with Crippen LogP contribution < -0.4 is 0 Å². The number of thiazole rings is 1. The third-order valence-corrected chi connectivity index (χ3v) is 5.13. The summed E-state index contributed by atoms with van der Waals surface area (Å²) in [6.45, 7) is 0. The average molecular weight is 387 g/mol. The van der Waals surface area contributed by atoms with Crippen LogP contribution in [-0.2, 0) is 0 Å². The van der Waals surface area contributed by atoms with Crippen LogP contribution in [-0.4, -0.2) is 10.1 Å². The summed E-state index contributed by atoms with van der Waals surface area (Å²) in [5.41, 5.74) is 2.38. The summed E-state index contributed by atoms with van der Waals surface area (Å²) in [6.07, 6.45) is 0. The third-order valence-electron chi connectivity index (χ3n) is 3.56. The van der Waals surface area contributed by atoms with Crippen LogP contribution in [0.1, 0.15) is 15.9 Å². The molecule has 1 aromatic heterocycles. The molecule has 1 N–H and O–H groups in total. The lowest BCUT2D eigenvalue weighted by Crippen LogP contribution is -1.98. The molecule has 0 fully saturated rings. The van der Waals surface area contributed by atoms with Crippen LogP contribution in [0.3, 0.4) is 0 Å². The number of benzene rings is 2. The molecule has 25 heavy (non-hydrogen) atoms. The number of alkyl halides is 1. The number of halogens is 2. The predicted molar refractivity (Wildman–Crippen MR) is 103 cm³/mol. The zero-order valence-corrected chi connectivity index (χ0v) is 15.2. The number of allylic oxidation sites excluding steroid dienone is 2. The van der Waals surface area contributed by atoms with Crippen molar-refractivity contribution in [1.29, 1.82) is 5.26 Å². The Morgan fingerprint density at radius 2 is 1.80 bits per heavy atom. The number of hydrogen-bond acceptors (Lipinski definition) is 4. The molecule has 3 aromatic rings. The number of aromatic nitrogens is 1. The van der Waals surface area contributed by atoms with Crippen molar-refractivity contribution in [3.63, 3.8) is 0 Å². The zero-order chi connectivity index (χ0) is 17.8. The van der Waals surface area contributed by atoms with Crippen LogP contribution in [0, 0.1) is 11.3 Å². The lowest BCUT2D eigenvalue weighted by Gasteiger charge is -2.10. The molecule has 6 heteroatoms. The molecule has 3 rings (SSSR count). The van der Waals surface area contributed by atoms with Crippen molar-refractivity contribution in [1.82, 2.24) is 4.98 Å². The molecule has 0 saturated heterocycles. The summed E-state index contributed by atoms with van der Waals surface area (Å²) in [5.74, 6) is -0.202. The quantitative estimate of drug-likeness (QED) is 0.328. The maximum atomic E-state index is 10.5. The van der Waals surface area contributed by atoms with Gasteiger partial charge in [-0.1, -0.05) is 54.1 Å². The van der Waals surface area contributed by atoms with E-state index in [0.29, 0.717) is 21.3 Å². The van der Waals surface area contributed by atoms with Gasteiger partial charge in [0, 0.05) is 16.0 Å². The van der Waals surface area contributed by atoms with E-state index in [1.54, 1.807) is 24.3 Å². The highest BCUT2D eigenvalue weighted by molar-refractivity contribution is 7.11. The van der Waals surface area contributed by atoms with Gasteiger partial charge in [0.1, 0.15) is 27.8 Å². The Balaban J connectivity index is 1.96. The second-order valence-corrected chi connectivity index (χ2v) is 6.92. The molecular weight excluding hydrogens is 375 g/mol. The summed E-state index contributed by atoms with van der Waals surface area (Å²) in [6, 6.07) is 18.4. The van der Waals surface area contributed by atoms with Crippen molar-refractivity contribution in [2.75, 3.05) is 0 Å². The van der Waals surface area contributed by atoms with Crippen LogP contribution >= 0.6 is 34.5 Å². The first-order chi connectivity index (χ1) is 12.1. The normalized spacial score (nSPS) is 13.0. The fourth-order valence-electron chi connectivity index (χ4n) is 2.26. The molecule has 0 aliphatic heterocycles. The Hall–Kier alpha value is -2.32. The minimum Gasteiger partial charge on any atom is -0.509 e. The van der Waals surface area contributed by atoms with Crippen LogP contribution in [0.4, 0.5) is 0 Å². The van der Waals surface area contributed by atoms with Crippen LogP contribution in [0.15, 0.2) is 65.7 Å². The largest absolute Gasteiger partial charge is 0.509 e. The van der Waals surface area contributed by atoms with Gasteiger partial charge in [-0.2, -0.15) is 5.26 Å². The minimum atomic E-state index is -0.807. The van der Waals surface area contributed by atoms with Crippen molar-refractivity contribution in [2.24, 2.45) is 0 Å². The van der Waals surface area contributed by atoms with Gasteiger partial charge >= 0.3 is 0 Å². The van der Waals surface area contributed by atoms with E-state index < -0.39 is 5.38 Å². The van der Waals surface area contributed by atoms with E-state index in [-0.39, 0.29) is 11.3 Å². The first kappa shape index (κ1) is 17.5. The van der Waals surface area contributed by atoms with Gasteiger partial charge in [-0.25, -0.2) is 4.98 Å². The maximum absolute atomic E-state index is 10.5. The van der Waals surface area contributed by atoms with E-state index in [1.807, 2.05) is 41.8 Å². The van der Waals surface area contributed by atoms with Gasteiger partial charge in [0.25, 0.3) is 0 Å². The highest BCUT2D eigenvalue weighted by atomic mass is 35.5. The molecule has 124 valence electrons. The van der Waals surface area contributed by atoms with E-state index in [2.05, 4.69) is 4.98 Å². The van der Waals surface area contributed by atoms with Crippen LogP contribution in [0.25, 0.3) is 16.8 Å². The van der Waals surface area contributed by atoms with Gasteiger partial charge in [0.05, 0.1) is 5.69 Å². The Morgan fingerprint density at radius 3 is 2.44 bits per heavy atom. The topological polar surface area (TPSA) is 56.9 Å².